The molecule has 0 atom stereocenters. The normalized spacial score (nSPS) is 13.3. The topological polar surface area (TPSA) is 70.6 Å². The van der Waals surface area contributed by atoms with Gasteiger partial charge < -0.3 is 16.3 Å². The predicted molar refractivity (Wildman–Crippen MR) is 55.0 cm³/mol. The predicted octanol–water partition coefficient (Wildman–Crippen LogP) is 1.29. The van der Waals surface area contributed by atoms with Crippen LogP contribution in [0.2, 0.25) is 0 Å². The van der Waals surface area contributed by atoms with Gasteiger partial charge in [-0.1, -0.05) is 25.9 Å². The number of rotatable bonds is 6. The van der Waals surface area contributed by atoms with Gasteiger partial charge in [0, 0.05) is 5.54 Å². The Labute approximate surface area is 80.2 Å². The van der Waals surface area contributed by atoms with Gasteiger partial charge in [-0.15, -0.1) is 0 Å². The second-order valence-corrected chi connectivity index (χ2v) is 3.29. The quantitative estimate of drug-likeness (QED) is 0.254. The highest BCUT2D eigenvalue weighted by Gasteiger charge is 2.22. The van der Waals surface area contributed by atoms with E-state index in [2.05, 4.69) is 31.2 Å². The van der Waals surface area contributed by atoms with E-state index < -0.39 is 0 Å². The maximum absolute atomic E-state index is 8.37. The maximum atomic E-state index is 8.37. The van der Waals surface area contributed by atoms with E-state index in [9.17, 15) is 0 Å². The molecule has 0 radical (unpaired) electrons. The Morgan fingerprint density at radius 3 is 2.08 bits per heavy atom. The van der Waals surface area contributed by atoms with Gasteiger partial charge in [0.2, 0.25) is 0 Å². The van der Waals surface area contributed by atoms with Gasteiger partial charge in [0.1, 0.15) is 0 Å². The lowest BCUT2D eigenvalue weighted by molar-refractivity contribution is 0.296. The highest BCUT2D eigenvalue weighted by molar-refractivity contribution is 5.81. The molecule has 0 amide bonds. The number of amidine groups is 1. The SMILES string of the molecule is CCC(CC)(CC)NCC(N)=NO. The zero-order valence-electron chi connectivity index (χ0n) is 8.80. The average molecular weight is 187 g/mol. The Morgan fingerprint density at radius 2 is 1.77 bits per heavy atom. The summed E-state index contributed by atoms with van der Waals surface area (Å²) < 4.78 is 0. The van der Waals surface area contributed by atoms with Crippen LogP contribution in [0.5, 0.6) is 0 Å². The van der Waals surface area contributed by atoms with Crippen molar-refractivity contribution in [1.29, 1.82) is 0 Å². The van der Waals surface area contributed by atoms with Gasteiger partial charge in [0.25, 0.3) is 0 Å². The first-order valence-corrected chi connectivity index (χ1v) is 4.85. The first-order valence-electron chi connectivity index (χ1n) is 4.85. The van der Waals surface area contributed by atoms with Crippen molar-refractivity contribution < 1.29 is 5.21 Å². The molecule has 4 heteroatoms. The maximum Gasteiger partial charge on any atom is 0.153 e. The molecule has 0 aliphatic rings. The van der Waals surface area contributed by atoms with Crippen LogP contribution >= 0.6 is 0 Å². The van der Waals surface area contributed by atoms with Crippen molar-refractivity contribution in [2.45, 2.75) is 45.6 Å². The monoisotopic (exact) mass is 187 g/mol. The number of nitrogens with zero attached hydrogens (tertiary/aromatic N) is 1. The van der Waals surface area contributed by atoms with E-state index in [1.807, 2.05) is 0 Å². The fraction of sp³-hybridized carbons (Fsp3) is 0.889. The summed E-state index contributed by atoms with van der Waals surface area (Å²) in [5, 5.41) is 14.6. The summed E-state index contributed by atoms with van der Waals surface area (Å²) in [6.45, 7) is 6.89. The molecule has 0 fully saturated rings. The lowest BCUT2D eigenvalue weighted by Crippen LogP contribution is -2.47. The van der Waals surface area contributed by atoms with Crippen LogP contribution in [-0.2, 0) is 0 Å². The molecule has 0 aromatic heterocycles. The van der Waals surface area contributed by atoms with Crippen LogP contribution in [0.15, 0.2) is 5.16 Å². The number of nitrogens with two attached hydrogens (primary N) is 1. The van der Waals surface area contributed by atoms with Gasteiger partial charge in [-0.25, -0.2) is 0 Å². The second kappa shape index (κ2) is 5.80. The van der Waals surface area contributed by atoms with E-state index in [1.165, 1.54) is 0 Å². The molecule has 0 unspecified atom stereocenters. The summed E-state index contributed by atoms with van der Waals surface area (Å²) in [4.78, 5) is 0. The van der Waals surface area contributed by atoms with Crippen molar-refractivity contribution in [1.82, 2.24) is 5.32 Å². The summed E-state index contributed by atoms with van der Waals surface area (Å²) in [6.07, 6.45) is 3.16. The highest BCUT2D eigenvalue weighted by Crippen LogP contribution is 2.18. The minimum absolute atomic E-state index is 0.134. The van der Waals surface area contributed by atoms with Gasteiger partial charge in [-0.2, -0.15) is 0 Å². The number of nitrogens with one attached hydrogen (secondary N) is 1. The Hall–Kier alpha value is -0.770. The number of hydrogen-bond acceptors (Lipinski definition) is 3. The van der Waals surface area contributed by atoms with E-state index in [4.69, 9.17) is 10.9 Å². The smallest absolute Gasteiger partial charge is 0.153 e. The van der Waals surface area contributed by atoms with E-state index in [0.29, 0.717) is 6.54 Å². The highest BCUT2D eigenvalue weighted by atomic mass is 16.4. The average Bonchev–Trinajstić information content (AvgIpc) is 2.20. The van der Waals surface area contributed by atoms with Crippen LogP contribution in [0.4, 0.5) is 0 Å². The lowest BCUT2D eigenvalue weighted by atomic mass is 9.90. The van der Waals surface area contributed by atoms with Crippen LogP contribution in [0.1, 0.15) is 40.0 Å². The fourth-order valence-corrected chi connectivity index (χ4v) is 1.44. The molecular formula is C9H21N3O. The number of hydrogen-bond donors (Lipinski definition) is 3. The van der Waals surface area contributed by atoms with Gasteiger partial charge >= 0.3 is 0 Å². The molecule has 13 heavy (non-hydrogen) atoms. The Balaban J connectivity index is 4.10. The molecule has 0 bridgehead atoms. The van der Waals surface area contributed by atoms with Gasteiger partial charge in [0.15, 0.2) is 5.84 Å². The van der Waals surface area contributed by atoms with E-state index in [1.54, 1.807) is 0 Å². The van der Waals surface area contributed by atoms with Crippen LogP contribution in [0.3, 0.4) is 0 Å². The third kappa shape index (κ3) is 3.63. The lowest BCUT2D eigenvalue weighted by Gasteiger charge is -2.31. The van der Waals surface area contributed by atoms with Gasteiger partial charge in [0.05, 0.1) is 6.54 Å². The third-order valence-corrected chi connectivity index (χ3v) is 2.80. The minimum atomic E-state index is 0.134. The molecular weight excluding hydrogens is 166 g/mol. The molecule has 0 rings (SSSR count). The summed E-state index contributed by atoms with van der Waals surface area (Å²) in [5.41, 5.74) is 5.52. The molecule has 0 spiro atoms. The molecule has 4 N–H and O–H groups in total. The molecule has 0 heterocycles. The Bertz CT molecular complexity index is 156. The molecule has 4 nitrogen and oxygen atoms in total. The first-order chi connectivity index (χ1) is 6.14. The fourth-order valence-electron chi connectivity index (χ4n) is 1.44. The van der Waals surface area contributed by atoms with Gasteiger partial charge in [-0.3, -0.25) is 0 Å². The molecule has 0 aliphatic heterocycles. The zero-order chi connectivity index (χ0) is 10.3. The number of oxime groups is 1. The standard InChI is InChI=1S/C9H21N3O/c1-4-9(5-2,6-3)11-7-8(10)12-13/h11,13H,4-7H2,1-3H3,(H2,10,12). The molecule has 0 aliphatic carbocycles. The van der Waals surface area contributed by atoms with Crippen molar-refractivity contribution in [3.8, 4) is 0 Å². The molecule has 0 aromatic rings. The minimum Gasteiger partial charge on any atom is -0.409 e. The van der Waals surface area contributed by atoms with Crippen LogP contribution in [0, 0.1) is 0 Å². The summed E-state index contributed by atoms with van der Waals surface area (Å²) in [7, 11) is 0. The van der Waals surface area contributed by atoms with Crippen molar-refractivity contribution in [2.75, 3.05) is 6.54 Å². The van der Waals surface area contributed by atoms with Crippen LogP contribution < -0.4 is 11.1 Å². The van der Waals surface area contributed by atoms with Crippen molar-refractivity contribution in [3.63, 3.8) is 0 Å². The third-order valence-electron chi connectivity index (χ3n) is 2.80. The van der Waals surface area contributed by atoms with E-state index >= 15 is 0 Å². The molecule has 78 valence electrons. The second-order valence-electron chi connectivity index (χ2n) is 3.29. The van der Waals surface area contributed by atoms with Gasteiger partial charge in [-0.05, 0) is 19.3 Å². The van der Waals surface area contributed by atoms with E-state index in [-0.39, 0.29) is 11.4 Å². The summed E-state index contributed by atoms with van der Waals surface area (Å²) in [6, 6.07) is 0. The Kier molecular flexibility index (Phi) is 5.46. The summed E-state index contributed by atoms with van der Waals surface area (Å²) >= 11 is 0. The van der Waals surface area contributed by atoms with Crippen LogP contribution in [-0.4, -0.2) is 23.1 Å². The first kappa shape index (κ1) is 12.2. The van der Waals surface area contributed by atoms with Crippen molar-refractivity contribution >= 4 is 5.84 Å². The van der Waals surface area contributed by atoms with E-state index in [0.717, 1.165) is 19.3 Å². The Morgan fingerprint density at radius 1 is 1.31 bits per heavy atom. The zero-order valence-corrected chi connectivity index (χ0v) is 8.80. The van der Waals surface area contributed by atoms with Crippen molar-refractivity contribution in [2.24, 2.45) is 10.9 Å². The largest absolute Gasteiger partial charge is 0.409 e. The molecule has 0 saturated heterocycles. The molecule has 0 aromatic carbocycles. The summed E-state index contributed by atoms with van der Waals surface area (Å²) in [5.74, 6) is 0.236. The van der Waals surface area contributed by atoms with Crippen molar-refractivity contribution in [3.05, 3.63) is 0 Å². The van der Waals surface area contributed by atoms with Crippen LogP contribution in [0.25, 0.3) is 0 Å². The molecule has 0 saturated carbocycles.